The SMILES string of the molecule is CC1(CNS(=O)(=O)c2c[nH]c(C(=O)O)c2)CC1. The molecule has 0 unspecified atom stereocenters. The summed E-state index contributed by atoms with van der Waals surface area (Å²) >= 11 is 0. The van der Waals surface area contributed by atoms with E-state index in [1.165, 1.54) is 6.20 Å². The van der Waals surface area contributed by atoms with Crippen LogP contribution in [0.4, 0.5) is 0 Å². The Hall–Kier alpha value is -1.34. The van der Waals surface area contributed by atoms with Gasteiger partial charge < -0.3 is 10.1 Å². The number of sulfonamides is 1. The normalized spacial score (nSPS) is 17.9. The molecule has 0 saturated heterocycles. The third kappa shape index (κ3) is 2.67. The van der Waals surface area contributed by atoms with E-state index >= 15 is 0 Å². The summed E-state index contributed by atoms with van der Waals surface area (Å²) in [7, 11) is -3.61. The van der Waals surface area contributed by atoms with Crippen molar-refractivity contribution >= 4 is 16.0 Å². The first-order chi connectivity index (χ1) is 7.82. The van der Waals surface area contributed by atoms with Crippen molar-refractivity contribution in [2.75, 3.05) is 6.54 Å². The summed E-state index contributed by atoms with van der Waals surface area (Å²) in [4.78, 5) is 13.0. The van der Waals surface area contributed by atoms with Gasteiger partial charge in [0.2, 0.25) is 10.0 Å². The van der Waals surface area contributed by atoms with E-state index in [1.807, 2.05) is 6.92 Å². The van der Waals surface area contributed by atoms with E-state index in [0.29, 0.717) is 6.54 Å². The minimum absolute atomic E-state index is 0.0425. The fourth-order valence-electron chi connectivity index (χ4n) is 1.40. The molecule has 17 heavy (non-hydrogen) atoms. The fraction of sp³-hybridized carbons (Fsp3) is 0.500. The quantitative estimate of drug-likeness (QED) is 0.727. The molecule has 0 aromatic carbocycles. The average molecular weight is 258 g/mol. The number of aromatic nitrogens is 1. The highest BCUT2D eigenvalue weighted by molar-refractivity contribution is 7.89. The standard InChI is InChI=1S/C10H14N2O4S/c1-10(2-3-10)6-12-17(15,16)7-4-8(9(13)14)11-5-7/h4-5,11-12H,2-3,6H2,1H3,(H,13,14). The van der Waals surface area contributed by atoms with E-state index in [-0.39, 0.29) is 16.0 Å². The lowest BCUT2D eigenvalue weighted by molar-refractivity contribution is 0.0691. The highest BCUT2D eigenvalue weighted by Crippen LogP contribution is 2.44. The molecule has 0 bridgehead atoms. The van der Waals surface area contributed by atoms with Gasteiger partial charge in [0, 0.05) is 12.7 Å². The number of nitrogens with one attached hydrogen (secondary N) is 2. The predicted octanol–water partition coefficient (Wildman–Crippen LogP) is 0.791. The van der Waals surface area contributed by atoms with Gasteiger partial charge in [-0.1, -0.05) is 6.92 Å². The molecule has 94 valence electrons. The van der Waals surface area contributed by atoms with Gasteiger partial charge in [0.25, 0.3) is 0 Å². The molecule has 1 saturated carbocycles. The van der Waals surface area contributed by atoms with Crippen LogP contribution in [0.25, 0.3) is 0 Å². The van der Waals surface area contributed by atoms with Crippen molar-refractivity contribution in [1.29, 1.82) is 0 Å². The van der Waals surface area contributed by atoms with E-state index < -0.39 is 16.0 Å². The minimum atomic E-state index is -3.61. The Kier molecular flexibility index (Phi) is 2.75. The van der Waals surface area contributed by atoms with Crippen LogP contribution in [-0.4, -0.2) is 31.0 Å². The number of H-pyrrole nitrogens is 1. The van der Waals surface area contributed by atoms with E-state index in [0.717, 1.165) is 18.9 Å². The number of rotatable bonds is 5. The molecule has 6 nitrogen and oxygen atoms in total. The van der Waals surface area contributed by atoms with Crippen molar-refractivity contribution in [3.05, 3.63) is 18.0 Å². The van der Waals surface area contributed by atoms with Crippen LogP contribution in [0.1, 0.15) is 30.3 Å². The molecular formula is C10H14N2O4S. The third-order valence-corrected chi connectivity index (χ3v) is 4.37. The van der Waals surface area contributed by atoms with Crippen LogP contribution in [0.2, 0.25) is 0 Å². The number of aromatic carboxylic acids is 1. The van der Waals surface area contributed by atoms with Gasteiger partial charge in [0.1, 0.15) is 10.6 Å². The van der Waals surface area contributed by atoms with Gasteiger partial charge in [-0.3, -0.25) is 0 Å². The molecule has 1 aliphatic carbocycles. The minimum Gasteiger partial charge on any atom is -0.477 e. The van der Waals surface area contributed by atoms with Gasteiger partial charge in [0.05, 0.1) is 0 Å². The second kappa shape index (κ2) is 3.85. The zero-order chi connectivity index (χ0) is 12.7. The topological polar surface area (TPSA) is 99.3 Å². The summed E-state index contributed by atoms with van der Waals surface area (Å²) in [6.45, 7) is 2.40. The molecule has 0 amide bonds. The molecule has 1 fully saturated rings. The molecular weight excluding hydrogens is 244 g/mol. The smallest absolute Gasteiger partial charge is 0.352 e. The molecule has 0 radical (unpaired) electrons. The fourth-order valence-corrected chi connectivity index (χ4v) is 2.59. The van der Waals surface area contributed by atoms with Gasteiger partial charge in [-0.05, 0) is 24.3 Å². The molecule has 1 heterocycles. The summed E-state index contributed by atoms with van der Waals surface area (Å²) in [5.41, 5.74) is -0.0676. The van der Waals surface area contributed by atoms with Crippen LogP contribution < -0.4 is 4.72 Å². The van der Waals surface area contributed by atoms with Crippen molar-refractivity contribution in [1.82, 2.24) is 9.71 Å². The Balaban J connectivity index is 2.10. The molecule has 3 N–H and O–H groups in total. The average Bonchev–Trinajstić information content (AvgIpc) is 2.81. The van der Waals surface area contributed by atoms with E-state index in [1.54, 1.807) is 0 Å². The van der Waals surface area contributed by atoms with Crippen LogP contribution in [0.3, 0.4) is 0 Å². The van der Waals surface area contributed by atoms with Gasteiger partial charge in [-0.25, -0.2) is 17.9 Å². The van der Waals surface area contributed by atoms with Crippen LogP contribution in [-0.2, 0) is 10.0 Å². The Morgan fingerprint density at radius 3 is 2.71 bits per heavy atom. The van der Waals surface area contributed by atoms with Gasteiger partial charge >= 0.3 is 5.97 Å². The van der Waals surface area contributed by atoms with Gasteiger partial charge in [0.15, 0.2) is 0 Å². The molecule has 0 aliphatic heterocycles. The monoisotopic (exact) mass is 258 g/mol. The van der Waals surface area contributed by atoms with Crippen molar-refractivity contribution in [3.8, 4) is 0 Å². The highest BCUT2D eigenvalue weighted by atomic mass is 32.2. The van der Waals surface area contributed by atoms with Crippen LogP contribution in [0, 0.1) is 5.41 Å². The van der Waals surface area contributed by atoms with E-state index in [4.69, 9.17) is 5.11 Å². The second-order valence-corrected chi connectivity index (χ2v) is 6.46. The van der Waals surface area contributed by atoms with Gasteiger partial charge in [-0.15, -0.1) is 0 Å². The maximum absolute atomic E-state index is 11.8. The third-order valence-electron chi connectivity index (χ3n) is 2.99. The highest BCUT2D eigenvalue weighted by Gasteiger charge is 2.38. The van der Waals surface area contributed by atoms with Crippen LogP contribution in [0.15, 0.2) is 17.2 Å². The zero-order valence-corrected chi connectivity index (χ0v) is 10.2. The molecule has 1 aromatic rings. The lowest BCUT2D eigenvalue weighted by atomic mass is 10.2. The summed E-state index contributed by atoms with van der Waals surface area (Å²) in [5.74, 6) is -1.18. The second-order valence-electron chi connectivity index (χ2n) is 4.69. The first-order valence-corrected chi connectivity index (χ1v) is 6.72. The number of carboxylic acid groups (broad SMARTS) is 1. The van der Waals surface area contributed by atoms with Crippen molar-refractivity contribution in [2.45, 2.75) is 24.7 Å². The molecule has 0 atom stereocenters. The first kappa shape index (κ1) is 12.1. The Morgan fingerprint density at radius 2 is 2.24 bits per heavy atom. The van der Waals surface area contributed by atoms with Crippen molar-refractivity contribution in [3.63, 3.8) is 0 Å². The maximum atomic E-state index is 11.8. The number of carbonyl (C=O) groups is 1. The number of aromatic amines is 1. The predicted molar refractivity (Wildman–Crippen MR) is 60.3 cm³/mol. The van der Waals surface area contributed by atoms with Gasteiger partial charge in [-0.2, -0.15) is 0 Å². The molecule has 0 spiro atoms. The number of hydrogen-bond acceptors (Lipinski definition) is 3. The lowest BCUT2D eigenvalue weighted by Crippen LogP contribution is -2.28. The van der Waals surface area contributed by atoms with Crippen molar-refractivity contribution < 1.29 is 18.3 Å². The summed E-state index contributed by atoms with van der Waals surface area (Å²) in [5, 5.41) is 8.69. The van der Waals surface area contributed by atoms with Crippen molar-refractivity contribution in [2.24, 2.45) is 5.41 Å². The van der Waals surface area contributed by atoms with E-state index in [2.05, 4.69) is 9.71 Å². The Bertz CT molecular complexity index is 542. The lowest BCUT2D eigenvalue weighted by Gasteiger charge is -2.09. The summed E-state index contributed by atoms with van der Waals surface area (Å²) in [6, 6.07) is 1.11. The maximum Gasteiger partial charge on any atom is 0.352 e. The number of hydrogen-bond donors (Lipinski definition) is 3. The van der Waals surface area contributed by atoms with Crippen LogP contribution >= 0.6 is 0 Å². The van der Waals surface area contributed by atoms with Crippen LogP contribution in [0.5, 0.6) is 0 Å². The zero-order valence-electron chi connectivity index (χ0n) is 9.36. The largest absolute Gasteiger partial charge is 0.477 e. The molecule has 2 rings (SSSR count). The molecule has 7 heteroatoms. The Morgan fingerprint density at radius 1 is 1.59 bits per heavy atom. The molecule has 1 aromatic heterocycles. The summed E-state index contributed by atoms with van der Waals surface area (Å²) in [6.07, 6.45) is 3.22. The Labute approximate surface area is 99.1 Å². The summed E-state index contributed by atoms with van der Waals surface area (Å²) < 4.78 is 26.1. The van der Waals surface area contributed by atoms with E-state index in [9.17, 15) is 13.2 Å². The molecule has 1 aliphatic rings. The number of carboxylic acids is 1. The first-order valence-electron chi connectivity index (χ1n) is 5.24.